The molecule has 1 aromatic carbocycles. The maximum Gasteiger partial charge on any atom is 0.417 e. The molecule has 7 heteroatoms. The number of anilines is 1. The second-order valence-corrected chi connectivity index (χ2v) is 4.32. The van der Waals surface area contributed by atoms with Gasteiger partial charge in [0.15, 0.2) is 0 Å². The molecule has 1 amide bonds. The Kier molecular flexibility index (Phi) is 5.62. The molecule has 0 heterocycles. The van der Waals surface area contributed by atoms with E-state index in [1.807, 2.05) is 6.92 Å². The van der Waals surface area contributed by atoms with E-state index in [9.17, 15) is 18.0 Å². The molecule has 0 atom stereocenters. The lowest BCUT2D eigenvalue weighted by Crippen LogP contribution is -2.28. The zero-order chi connectivity index (χ0) is 14.5. The van der Waals surface area contributed by atoms with Crippen LogP contribution >= 0.6 is 11.6 Å². The van der Waals surface area contributed by atoms with Crippen molar-refractivity contribution in [1.82, 2.24) is 5.32 Å². The molecule has 0 spiro atoms. The van der Waals surface area contributed by atoms with Crippen molar-refractivity contribution in [2.75, 3.05) is 18.4 Å². The molecule has 0 aliphatic carbocycles. The van der Waals surface area contributed by atoms with Crippen LogP contribution in [0, 0.1) is 0 Å². The number of carbonyl (C=O) groups is 1. The molecule has 3 nitrogen and oxygen atoms in total. The Morgan fingerprint density at radius 2 is 2.05 bits per heavy atom. The van der Waals surface area contributed by atoms with Crippen LogP contribution in [0.15, 0.2) is 18.2 Å². The van der Waals surface area contributed by atoms with Gasteiger partial charge in [-0.3, -0.25) is 4.79 Å². The summed E-state index contributed by atoms with van der Waals surface area (Å²) in [5, 5.41) is 4.84. The first-order chi connectivity index (χ1) is 8.84. The van der Waals surface area contributed by atoms with Crippen molar-refractivity contribution in [3.05, 3.63) is 28.8 Å². The van der Waals surface area contributed by atoms with E-state index in [1.54, 1.807) is 0 Å². The summed E-state index contributed by atoms with van der Waals surface area (Å²) in [6.07, 6.45) is -3.68. The number of nitrogens with one attached hydrogen (secondary N) is 2. The Morgan fingerprint density at radius 3 is 2.63 bits per heavy atom. The van der Waals surface area contributed by atoms with E-state index < -0.39 is 22.7 Å². The minimum atomic E-state index is -4.54. The number of amides is 1. The first-order valence-corrected chi connectivity index (χ1v) is 6.09. The number of alkyl halides is 3. The average Bonchev–Trinajstić information content (AvgIpc) is 2.30. The first-order valence-electron chi connectivity index (χ1n) is 5.72. The number of benzene rings is 1. The van der Waals surface area contributed by atoms with Gasteiger partial charge in [0.2, 0.25) is 5.91 Å². The van der Waals surface area contributed by atoms with Crippen molar-refractivity contribution < 1.29 is 18.0 Å². The standard InChI is InChI=1S/C12H14ClF3N2O/c1-2-5-17-7-11(19)18-8-3-4-10(13)9(6-8)12(14,15)16/h3-4,6,17H,2,5,7H2,1H3,(H,18,19). The van der Waals surface area contributed by atoms with Gasteiger partial charge in [-0.25, -0.2) is 0 Å². The van der Waals surface area contributed by atoms with Gasteiger partial charge in [-0.1, -0.05) is 18.5 Å². The largest absolute Gasteiger partial charge is 0.417 e. The van der Waals surface area contributed by atoms with E-state index in [1.165, 1.54) is 6.07 Å². The van der Waals surface area contributed by atoms with E-state index >= 15 is 0 Å². The molecule has 0 bridgehead atoms. The van der Waals surface area contributed by atoms with Gasteiger partial charge in [0.25, 0.3) is 0 Å². The van der Waals surface area contributed by atoms with Gasteiger partial charge in [0.05, 0.1) is 17.1 Å². The molecule has 0 aliphatic heterocycles. The van der Waals surface area contributed by atoms with Gasteiger partial charge in [-0.2, -0.15) is 13.2 Å². The normalized spacial score (nSPS) is 11.4. The van der Waals surface area contributed by atoms with Gasteiger partial charge in [0, 0.05) is 5.69 Å². The number of hydrogen-bond acceptors (Lipinski definition) is 2. The maximum atomic E-state index is 12.6. The van der Waals surface area contributed by atoms with Crippen molar-refractivity contribution in [2.45, 2.75) is 19.5 Å². The fraction of sp³-hybridized carbons (Fsp3) is 0.417. The number of hydrogen-bond donors (Lipinski definition) is 2. The second-order valence-electron chi connectivity index (χ2n) is 3.92. The lowest BCUT2D eigenvalue weighted by molar-refractivity contribution is -0.137. The zero-order valence-corrected chi connectivity index (χ0v) is 11.0. The number of rotatable bonds is 5. The SMILES string of the molecule is CCCNCC(=O)Nc1ccc(Cl)c(C(F)(F)F)c1. The molecule has 0 radical (unpaired) electrons. The van der Waals surface area contributed by atoms with Gasteiger partial charge < -0.3 is 10.6 Å². The lowest BCUT2D eigenvalue weighted by Gasteiger charge is -2.12. The van der Waals surface area contributed by atoms with E-state index in [0.29, 0.717) is 6.54 Å². The minimum absolute atomic E-state index is 0.0534. The van der Waals surface area contributed by atoms with Gasteiger partial charge in [-0.05, 0) is 31.2 Å². The summed E-state index contributed by atoms with van der Waals surface area (Å²) in [5.41, 5.74) is -0.895. The van der Waals surface area contributed by atoms with Crippen LogP contribution in [0.4, 0.5) is 18.9 Å². The fourth-order valence-corrected chi connectivity index (χ4v) is 1.63. The third-order valence-electron chi connectivity index (χ3n) is 2.27. The molecule has 2 N–H and O–H groups in total. The first kappa shape index (κ1) is 15.8. The molecule has 1 aromatic rings. The van der Waals surface area contributed by atoms with E-state index in [0.717, 1.165) is 18.6 Å². The van der Waals surface area contributed by atoms with Crippen LogP contribution in [0.1, 0.15) is 18.9 Å². The third-order valence-corrected chi connectivity index (χ3v) is 2.60. The summed E-state index contributed by atoms with van der Waals surface area (Å²) in [7, 11) is 0. The highest BCUT2D eigenvalue weighted by Crippen LogP contribution is 2.36. The van der Waals surface area contributed by atoms with E-state index in [-0.39, 0.29) is 12.2 Å². The predicted octanol–water partition coefficient (Wildman–Crippen LogP) is 3.30. The predicted molar refractivity (Wildman–Crippen MR) is 68.2 cm³/mol. The summed E-state index contributed by atoms with van der Waals surface area (Å²) in [5.74, 6) is -0.399. The van der Waals surface area contributed by atoms with Crippen molar-refractivity contribution in [1.29, 1.82) is 0 Å². The molecule has 0 aliphatic rings. The maximum absolute atomic E-state index is 12.6. The second kappa shape index (κ2) is 6.77. The molecule has 0 aromatic heterocycles. The highest BCUT2D eigenvalue weighted by molar-refractivity contribution is 6.31. The Morgan fingerprint density at radius 1 is 1.37 bits per heavy atom. The molecule has 1 rings (SSSR count). The van der Waals surface area contributed by atoms with Crippen LogP contribution in [-0.4, -0.2) is 19.0 Å². The highest BCUT2D eigenvalue weighted by Gasteiger charge is 2.33. The molecule has 0 saturated carbocycles. The molecule has 106 valence electrons. The van der Waals surface area contributed by atoms with E-state index in [2.05, 4.69) is 10.6 Å². The topological polar surface area (TPSA) is 41.1 Å². The quantitative estimate of drug-likeness (QED) is 0.818. The minimum Gasteiger partial charge on any atom is -0.325 e. The zero-order valence-electron chi connectivity index (χ0n) is 10.3. The Hall–Kier alpha value is -1.27. The summed E-state index contributed by atoms with van der Waals surface area (Å²) >= 11 is 5.47. The van der Waals surface area contributed by atoms with E-state index in [4.69, 9.17) is 11.6 Å². The molecule has 19 heavy (non-hydrogen) atoms. The smallest absolute Gasteiger partial charge is 0.325 e. The number of carbonyl (C=O) groups excluding carboxylic acids is 1. The monoisotopic (exact) mass is 294 g/mol. The Bertz CT molecular complexity index is 449. The molecular formula is C12H14ClF3N2O. The van der Waals surface area contributed by atoms with Crippen LogP contribution in [0.2, 0.25) is 5.02 Å². The van der Waals surface area contributed by atoms with Crippen LogP contribution in [0.5, 0.6) is 0 Å². The summed E-state index contributed by atoms with van der Waals surface area (Å²) in [6, 6.07) is 3.26. The summed E-state index contributed by atoms with van der Waals surface area (Å²) in [4.78, 5) is 11.4. The van der Waals surface area contributed by atoms with Crippen molar-refractivity contribution in [3.63, 3.8) is 0 Å². The van der Waals surface area contributed by atoms with Gasteiger partial charge in [-0.15, -0.1) is 0 Å². The number of halogens is 4. The van der Waals surface area contributed by atoms with Gasteiger partial charge in [0.1, 0.15) is 0 Å². The Balaban J connectivity index is 2.72. The molecule has 0 saturated heterocycles. The summed E-state index contributed by atoms with van der Waals surface area (Å²) in [6.45, 7) is 2.67. The van der Waals surface area contributed by atoms with Crippen LogP contribution in [0.25, 0.3) is 0 Å². The van der Waals surface area contributed by atoms with Crippen molar-refractivity contribution in [3.8, 4) is 0 Å². The highest BCUT2D eigenvalue weighted by atomic mass is 35.5. The summed E-state index contributed by atoms with van der Waals surface area (Å²) < 4.78 is 37.8. The van der Waals surface area contributed by atoms with Gasteiger partial charge >= 0.3 is 6.18 Å². The molecule has 0 fully saturated rings. The third kappa shape index (κ3) is 5.08. The Labute approximate surface area is 114 Å². The van der Waals surface area contributed by atoms with Crippen molar-refractivity contribution >= 4 is 23.2 Å². The average molecular weight is 295 g/mol. The van der Waals surface area contributed by atoms with Crippen molar-refractivity contribution in [2.24, 2.45) is 0 Å². The van der Waals surface area contributed by atoms with Crippen LogP contribution < -0.4 is 10.6 Å². The fourth-order valence-electron chi connectivity index (χ4n) is 1.40. The lowest BCUT2D eigenvalue weighted by atomic mass is 10.2. The van der Waals surface area contributed by atoms with Crippen LogP contribution in [0.3, 0.4) is 0 Å². The molecular weight excluding hydrogens is 281 g/mol. The van der Waals surface area contributed by atoms with Crippen LogP contribution in [-0.2, 0) is 11.0 Å². The molecule has 0 unspecified atom stereocenters.